The summed E-state index contributed by atoms with van der Waals surface area (Å²) >= 11 is 0. The number of carboxylic acid groups (broad SMARTS) is 1. The van der Waals surface area contributed by atoms with E-state index in [2.05, 4.69) is 17.9 Å². The first kappa shape index (κ1) is 23.0. The Labute approximate surface area is 189 Å². The van der Waals surface area contributed by atoms with Gasteiger partial charge in [0.05, 0.1) is 18.4 Å². The van der Waals surface area contributed by atoms with E-state index in [4.69, 9.17) is 9.84 Å². The summed E-state index contributed by atoms with van der Waals surface area (Å²) < 4.78 is 5.97. The summed E-state index contributed by atoms with van der Waals surface area (Å²) in [5.41, 5.74) is 2.40. The van der Waals surface area contributed by atoms with Crippen LogP contribution in [-0.4, -0.2) is 58.5 Å². The molecule has 0 bridgehead atoms. The second-order valence-electron chi connectivity index (χ2n) is 7.82. The molecule has 0 unspecified atom stereocenters. The molecule has 0 amide bonds. The molecule has 146 valence electrons. The van der Waals surface area contributed by atoms with Gasteiger partial charge in [-0.25, -0.2) is 0 Å². The summed E-state index contributed by atoms with van der Waals surface area (Å²) in [4.78, 5) is 11.0. The minimum absolute atomic E-state index is 0. The van der Waals surface area contributed by atoms with Crippen molar-refractivity contribution in [3.63, 3.8) is 0 Å². The molecule has 1 spiro atoms. The van der Waals surface area contributed by atoms with Gasteiger partial charge in [0, 0.05) is 0 Å². The maximum absolute atomic E-state index is 11.0. The Balaban J connectivity index is 0.00000280. The Morgan fingerprint density at radius 1 is 1.32 bits per heavy atom. The van der Waals surface area contributed by atoms with E-state index in [1.807, 2.05) is 24.3 Å². The average Bonchev–Trinajstić information content (AvgIpc) is 2.99. The van der Waals surface area contributed by atoms with Crippen molar-refractivity contribution in [2.24, 2.45) is 5.41 Å². The zero-order valence-electron chi connectivity index (χ0n) is 15.9. The predicted molar refractivity (Wildman–Crippen MR) is 112 cm³/mol. The number of carbonyl (C=O) groups is 1. The Bertz CT molecular complexity index is 759. The number of hydrogen-bond donors (Lipinski definition) is 2. The molecule has 2 N–H and O–H groups in total. The molecule has 2 aliphatic rings. The zero-order chi connectivity index (χ0) is 19.3. The molecular weight excluding hydrogens is 363 g/mol. The van der Waals surface area contributed by atoms with Crippen molar-refractivity contribution in [2.75, 3.05) is 6.61 Å². The van der Waals surface area contributed by atoms with Gasteiger partial charge in [0.15, 0.2) is 0 Å². The number of carboxylic acids is 1. The van der Waals surface area contributed by atoms with Crippen LogP contribution in [0.15, 0.2) is 35.9 Å². The summed E-state index contributed by atoms with van der Waals surface area (Å²) in [7, 11) is 0. The average molecular weight is 392 g/mol. The van der Waals surface area contributed by atoms with E-state index < -0.39 is 5.97 Å². The predicted octanol–water partition coefficient (Wildman–Crippen LogP) is 3.64. The molecule has 2 aliphatic carbocycles. The van der Waals surface area contributed by atoms with Crippen LogP contribution < -0.4 is 4.74 Å². The van der Waals surface area contributed by atoms with Gasteiger partial charge in [-0.2, -0.15) is 0 Å². The van der Waals surface area contributed by atoms with E-state index in [0.29, 0.717) is 6.61 Å². The molecule has 1 aromatic rings. The third kappa shape index (κ3) is 6.12. The van der Waals surface area contributed by atoms with Crippen molar-refractivity contribution in [2.45, 2.75) is 63.9 Å². The second kappa shape index (κ2) is 10.5. The van der Waals surface area contributed by atoms with E-state index in [1.165, 1.54) is 12.0 Å². The summed E-state index contributed by atoms with van der Waals surface area (Å²) in [6.45, 7) is 2.30. The number of hydrogen-bond acceptors (Lipinski definition) is 3. The number of ether oxygens (including phenoxy) is 1. The van der Waals surface area contributed by atoms with Crippen LogP contribution in [0.1, 0.15) is 63.4 Å². The van der Waals surface area contributed by atoms with Gasteiger partial charge < -0.3 is 14.9 Å². The van der Waals surface area contributed by atoms with Crippen molar-refractivity contribution in [1.29, 1.82) is 0 Å². The molecule has 3 atom stereocenters. The summed E-state index contributed by atoms with van der Waals surface area (Å²) in [6.07, 6.45) is 8.47. The van der Waals surface area contributed by atoms with Crippen LogP contribution >= 0.6 is 0 Å². The van der Waals surface area contributed by atoms with Crippen molar-refractivity contribution >= 4 is 35.5 Å². The second-order valence-corrected chi connectivity index (χ2v) is 7.82. The third-order valence-electron chi connectivity index (χ3n) is 5.70. The SMILES string of the molecule is CC#C[C@@H](CC(=O)O)c1ccc(OCC2=C[C@@]3(CCC2)CC[C@@H](O)C3)cc1.[NaH]. The normalized spacial score (nSPS) is 24.5. The molecule has 5 heteroatoms. The molecule has 0 heterocycles. The number of allylic oxidation sites excluding steroid dienone is 1. The van der Waals surface area contributed by atoms with E-state index in [9.17, 15) is 9.90 Å². The van der Waals surface area contributed by atoms with E-state index in [0.717, 1.165) is 43.4 Å². The number of benzene rings is 1. The van der Waals surface area contributed by atoms with Crippen LogP contribution in [0.5, 0.6) is 5.75 Å². The van der Waals surface area contributed by atoms with E-state index in [-0.39, 0.29) is 53.4 Å². The quantitative estimate of drug-likeness (QED) is 0.441. The fourth-order valence-electron chi connectivity index (χ4n) is 4.42. The fourth-order valence-corrected chi connectivity index (χ4v) is 4.42. The molecule has 0 aromatic heterocycles. The third-order valence-corrected chi connectivity index (χ3v) is 5.70. The molecule has 3 rings (SSSR count). The summed E-state index contributed by atoms with van der Waals surface area (Å²) in [6, 6.07) is 7.58. The first-order valence-corrected chi connectivity index (χ1v) is 9.75. The molecule has 28 heavy (non-hydrogen) atoms. The van der Waals surface area contributed by atoms with Crippen LogP contribution in [0, 0.1) is 17.3 Å². The van der Waals surface area contributed by atoms with Gasteiger partial charge in [-0.3, -0.25) is 4.79 Å². The molecule has 1 aromatic carbocycles. The van der Waals surface area contributed by atoms with Gasteiger partial charge in [-0.1, -0.05) is 24.1 Å². The van der Waals surface area contributed by atoms with Crippen LogP contribution in [-0.2, 0) is 4.79 Å². The van der Waals surface area contributed by atoms with E-state index >= 15 is 0 Å². The molecule has 1 fully saturated rings. The van der Waals surface area contributed by atoms with Gasteiger partial charge in [0.2, 0.25) is 0 Å². The fraction of sp³-hybridized carbons (Fsp3) is 0.522. The maximum atomic E-state index is 11.0. The van der Waals surface area contributed by atoms with Crippen molar-refractivity contribution < 1.29 is 19.7 Å². The van der Waals surface area contributed by atoms with Gasteiger partial charge in [0.1, 0.15) is 12.4 Å². The summed E-state index contributed by atoms with van der Waals surface area (Å²) in [5.74, 6) is 5.41. The number of aliphatic carboxylic acids is 1. The molecule has 4 nitrogen and oxygen atoms in total. The number of aliphatic hydroxyl groups is 1. The Morgan fingerprint density at radius 3 is 2.68 bits per heavy atom. The first-order valence-electron chi connectivity index (χ1n) is 9.75. The first-order chi connectivity index (χ1) is 13.0. The van der Waals surface area contributed by atoms with E-state index in [1.54, 1.807) is 6.92 Å². The van der Waals surface area contributed by atoms with Crippen molar-refractivity contribution in [1.82, 2.24) is 0 Å². The Hall–Kier alpha value is -1.25. The van der Waals surface area contributed by atoms with Crippen molar-refractivity contribution in [3.8, 4) is 17.6 Å². The Kier molecular flexibility index (Phi) is 8.64. The Morgan fingerprint density at radius 2 is 2.07 bits per heavy atom. The molecular formula is C23H29NaO4. The van der Waals surface area contributed by atoms with Crippen LogP contribution in [0.2, 0.25) is 0 Å². The number of rotatable bonds is 6. The van der Waals surface area contributed by atoms with Crippen LogP contribution in [0.4, 0.5) is 0 Å². The minimum atomic E-state index is -0.849. The van der Waals surface area contributed by atoms with Crippen LogP contribution in [0.25, 0.3) is 0 Å². The van der Waals surface area contributed by atoms with Gasteiger partial charge in [0.25, 0.3) is 0 Å². The topological polar surface area (TPSA) is 66.8 Å². The molecule has 0 saturated heterocycles. The molecule has 0 radical (unpaired) electrons. The van der Waals surface area contributed by atoms with Crippen LogP contribution in [0.3, 0.4) is 0 Å². The zero-order valence-corrected chi connectivity index (χ0v) is 15.9. The van der Waals surface area contributed by atoms with Crippen molar-refractivity contribution in [3.05, 3.63) is 41.5 Å². The monoisotopic (exact) mass is 392 g/mol. The number of aliphatic hydroxyl groups excluding tert-OH is 1. The summed E-state index contributed by atoms with van der Waals surface area (Å²) in [5, 5.41) is 18.9. The molecule has 1 saturated carbocycles. The van der Waals surface area contributed by atoms with Gasteiger partial charge in [-0.05, 0) is 74.1 Å². The van der Waals surface area contributed by atoms with Gasteiger partial charge >= 0.3 is 35.5 Å². The molecule has 0 aliphatic heterocycles. The standard InChI is InChI=1S/C23H28O4.Na.H/c1-2-4-19(13-22(25)26)18-6-8-21(9-7-18)27-16-17-5-3-11-23(14-17)12-10-20(24)15-23;;/h6-9,14,19-20,24H,3,5,10-13,15-16H2,1H3,(H,25,26);;/t19-,20+,23+;;/m0../s1. The van der Waals surface area contributed by atoms with Gasteiger partial charge in [-0.15, -0.1) is 5.92 Å².